The van der Waals surface area contributed by atoms with Gasteiger partial charge in [-0.3, -0.25) is 4.68 Å². The summed E-state index contributed by atoms with van der Waals surface area (Å²) in [4.78, 5) is 4.07. The third-order valence-corrected chi connectivity index (χ3v) is 2.53. The Bertz CT molecular complexity index is 422. The summed E-state index contributed by atoms with van der Waals surface area (Å²) in [5, 5.41) is 13.8. The first kappa shape index (κ1) is 10.9. The molecule has 16 heavy (non-hydrogen) atoms. The molecular formula is C11H15N3O2. The average Bonchev–Trinajstić information content (AvgIpc) is 2.88. The predicted octanol–water partition coefficient (Wildman–Crippen LogP) is 0.944. The molecule has 0 amide bonds. The fourth-order valence-electron chi connectivity index (χ4n) is 1.58. The zero-order valence-corrected chi connectivity index (χ0v) is 9.21. The molecule has 0 saturated carbocycles. The van der Waals surface area contributed by atoms with Gasteiger partial charge in [-0.2, -0.15) is 5.10 Å². The minimum Gasteiger partial charge on any atom is -0.469 e. The lowest BCUT2D eigenvalue weighted by molar-refractivity contribution is 0.159. The van der Waals surface area contributed by atoms with Crippen LogP contribution < -0.4 is 0 Å². The lowest BCUT2D eigenvalue weighted by Gasteiger charge is -2.08. The lowest BCUT2D eigenvalue weighted by Crippen LogP contribution is -2.15. The molecule has 0 aliphatic carbocycles. The Kier molecular flexibility index (Phi) is 3.36. The first-order valence-corrected chi connectivity index (χ1v) is 5.29. The predicted molar refractivity (Wildman–Crippen MR) is 57.7 cm³/mol. The normalized spacial score (nSPS) is 12.9. The van der Waals surface area contributed by atoms with Crippen LogP contribution in [0.25, 0.3) is 0 Å². The van der Waals surface area contributed by atoms with Crippen molar-refractivity contribution in [2.75, 3.05) is 0 Å². The van der Waals surface area contributed by atoms with E-state index in [2.05, 4.69) is 10.1 Å². The number of hydrogen-bond donors (Lipinski definition) is 1. The van der Waals surface area contributed by atoms with Crippen LogP contribution in [-0.4, -0.2) is 26.0 Å². The van der Waals surface area contributed by atoms with Gasteiger partial charge in [0.15, 0.2) is 0 Å². The van der Waals surface area contributed by atoms with Crippen molar-refractivity contribution < 1.29 is 9.52 Å². The van der Waals surface area contributed by atoms with Crippen molar-refractivity contribution in [3.8, 4) is 0 Å². The van der Waals surface area contributed by atoms with E-state index in [1.165, 1.54) is 6.33 Å². The van der Waals surface area contributed by atoms with Crippen molar-refractivity contribution >= 4 is 0 Å². The molecule has 0 bridgehead atoms. The van der Waals surface area contributed by atoms with Crippen LogP contribution in [0.3, 0.4) is 0 Å². The Hall–Kier alpha value is -1.62. The van der Waals surface area contributed by atoms with Gasteiger partial charge in [0.05, 0.1) is 12.4 Å². The van der Waals surface area contributed by atoms with Gasteiger partial charge in [-0.1, -0.05) is 0 Å². The van der Waals surface area contributed by atoms with Gasteiger partial charge in [0, 0.05) is 19.9 Å². The maximum Gasteiger partial charge on any atom is 0.138 e. The Balaban J connectivity index is 1.81. The highest BCUT2D eigenvalue weighted by molar-refractivity contribution is 4.98. The zero-order valence-electron chi connectivity index (χ0n) is 9.21. The Labute approximate surface area is 93.7 Å². The summed E-state index contributed by atoms with van der Waals surface area (Å²) in [6.07, 6.45) is 4.66. The number of aliphatic hydroxyl groups is 1. The Morgan fingerprint density at radius 1 is 1.56 bits per heavy atom. The Morgan fingerprint density at radius 2 is 2.44 bits per heavy atom. The molecule has 2 rings (SSSR count). The van der Waals surface area contributed by atoms with E-state index in [-0.39, 0.29) is 0 Å². The Morgan fingerprint density at radius 3 is 3.06 bits per heavy atom. The number of aliphatic hydroxyl groups excluding tert-OH is 1. The first-order chi connectivity index (χ1) is 7.75. The summed E-state index contributed by atoms with van der Waals surface area (Å²) >= 11 is 0. The molecule has 0 aliphatic heterocycles. The molecule has 0 aliphatic rings. The van der Waals surface area contributed by atoms with E-state index in [9.17, 15) is 5.11 Å². The van der Waals surface area contributed by atoms with E-state index in [0.717, 1.165) is 18.0 Å². The van der Waals surface area contributed by atoms with E-state index in [1.807, 2.05) is 19.2 Å². The number of aromatic nitrogens is 3. The molecule has 1 atom stereocenters. The molecule has 0 radical (unpaired) electrons. The molecule has 2 aromatic heterocycles. The second-order valence-electron chi connectivity index (χ2n) is 3.78. The quantitative estimate of drug-likeness (QED) is 0.816. The van der Waals surface area contributed by atoms with Crippen molar-refractivity contribution in [3.05, 3.63) is 36.3 Å². The fraction of sp³-hybridized carbons (Fsp3) is 0.455. The van der Waals surface area contributed by atoms with Crippen molar-refractivity contribution in [3.63, 3.8) is 0 Å². The van der Waals surface area contributed by atoms with Gasteiger partial charge in [-0.15, -0.1) is 0 Å². The summed E-state index contributed by atoms with van der Waals surface area (Å²) < 4.78 is 6.88. The zero-order chi connectivity index (χ0) is 11.4. The van der Waals surface area contributed by atoms with Gasteiger partial charge in [0.25, 0.3) is 0 Å². The molecule has 1 unspecified atom stereocenters. The van der Waals surface area contributed by atoms with E-state index < -0.39 is 6.10 Å². The second-order valence-corrected chi connectivity index (χ2v) is 3.78. The standard InChI is InChI=1S/C11H15N3O2/c1-14-11(12-8-13-14)7-9(15)4-5-10-3-2-6-16-10/h2-3,6,8-9,15H,4-5,7H2,1H3. The number of furan rings is 1. The van der Waals surface area contributed by atoms with Gasteiger partial charge in [0.2, 0.25) is 0 Å². The molecule has 1 N–H and O–H groups in total. The average molecular weight is 221 g/mol. The number of nitrogens with zero attached hydrogens (tertiary/aromatic N) is 3. The van der Waals surface area contributed by atoms with Gasteiger partial charge >= 0.3 is 0 Å². The molecule has 0 saturated heterocycles. The van der Waals surface area contributed by atoms with Gasteiger partial charge in [-0.05, 0) is 18.6 Å². The number of rotatable bonds is 5. The highest BCUT2D eigenvalue weighted by Crippen LogP contribution is 2.08. The first-order valence-electron chi connectivity index (χ1n) is 5.29. The molecule has 86 valence electrons. The van der Waals surface area contributed by atoms with E-state index in [1.54, 1.807) is 10.9 Å². The monoisotopic (exact) mass is 221 g/mol. The van der Waals surface area contributed by atoms with Gasteiger partial charge in [0.1, 0.15) is 17.9 Å². The van der Waals surface area contributed by atoms with Crippen LogP contribution in [-0.2, 0) is 19.9 Å². The van der Waals surface area contributed by atoms with Crippen LogP contribution >= 0.6 is 0 Å². The maximum atomic E-state index is 9.82. The lowest BCUT2D eigenvalue weighted by atomic mass is 10.1. The molecule has 0 aromatic carbocycles. The maximum absolute atomic E-state index is 9.82. The second kappa shape index (κ2) is 4.94. The summed E-state index contributed by atoms with van der Waals surface area (Å²) in [6, 6.07) is 3.76. The third kappa shape index (κ3) is 2.70. The minimum atomic E-state index is -0.409. The van der Waals surface area contributed by atoms with Crippen LogP contribution in [0.4, 0.5) is 0 Å². The number of hydrogen-bond acceptors (Lipinski definition) is 4. The molecule has 2 aromatic rings. The highest BCUT2D eigenvalue weighted by atomic mass is 16.3. The molecule has 5 nitrogen and oxygen atoms in total. The van der Waals surface area contributed by atoms with E-state index in [4.69, 9.17) is 4.42 Å². The summed E-state index contributed by atoms with van der Waals surface area (Å²) in [5.41, 5.74) is 0. The van der Waals surface area contributed by atoms with Crippen molar-refractivity contribution in [2.45, 2.75) is 25.4 Å². The molecule has 0 spiro atoms. The van der Waals surface area contributed by atoms with Crippen molar-refractivity contribution in [1.82, 2.24) is 14.8 Å². The van der Waals surface area contributed by atoms with Crippen LogP contribution in [0.15, 0.2) is 29.1 Å². The van der Waals surface area contributed by atoms with Crippen LogP contribution in [0, 0.1) is 0 Å². The van der Waals surface area contributed by atoms with Crippen LogP contribution in [0.1, 0.15) is 18.0 Å². The molecule has 2 heterocycles. The summed E-state index contributed by atoms with van der Waals surface area (Å²) in [7, 11) is 1.82. The van der Waals surface area contributed by atoms with E-state index >= 15 is 0 Å². The smallest absolute Gasteiger partial charge is 0.138 e. The van der Waals surface area contributed by atoms with Crippen LogP contribution in [0.5, 0.6) is 0 Å². The van der Waals surface area contributed by atoms with Gasteiger partial charge < -0.3 is 9.52 Å². The highest BCUT2D eigenvalue weighted by Gasteiger charge is 2.10. The van der Waals surface area contributed by atoms with Crippen LogP contribution in [0.2, 0.25) is 0 Å². The number of aryl methyl sites for hydroxylation is 2. The molecule has 0 fully saturated rings. The largest absolute Gasteiger partial charge is 0.469 e. The fourth-order valence-corrected chi connectivity index (χ4v) is 1.58. The SMILES string of the molecule is Cn1ncnc1CC(O)CCc1ccco1. The molecular weight excluding hydrogens is 206 g/mol. The summed E-state index contributed by atoms with van der Waals surface area (Å²) in [5.74, 6) is 1.70. The summed E-state index contributed by atoms with van der Waals surface area (Å²) in [6.45, 7) is 0. The molecule has 5 heteroatoms. The van der Waals surface area contributed by atoms with Crippen molar-refractivity contribution in [1.29, 1.82) is 0 Å². The minimum absolute atomic E-state index is 0.409. The van der Waals surface area contributed by atoms with Gasteiger partial charge in [-0.25, -0.2) is 4.98 Å². The van der Waals surface area contributed by atoms with Crippen molar-refractivity contribution in [2.24, 2.45) is 7.05 Å². The van der Waals surface area contributed by atoms with E-state index in [0.29, 0.717) is 12.8 Å². The topological polar surface area (TPSA) is 64.1 Å². The third-order valence-electron chi connectivity index (χ3n) is 2.53.